The molecule has 0 aliphatic carbocycles. The standard InChI is InChI=1S/2C27H30N2.C11H18N2.C8H8O/c1-6-24-16-25(7-2)27(29-18-23-14-10-20(4)11-15-23)21(5)26(24)28-17-22-12-8-19(3)9-13-22;1-6-24-16-21(5)26(28-17-22-12-8-19(3)9-13-22)25(7-2)27(24)29-18-23-14-10-20(4)11-15-23;1-4-8-6-9(5-2)11(13)7(3)10(8)12;1-7-2-4-8(6-9)5-3-7/h2*8-18H,6-7H2,1-5H3;6H,4-5,12-13H2,1-3H3;2-6H,1H3. The van der Waals surface area contributed by atoms with E-state index in [4.69, 9.17) is 31.4 Å². The molecule has 8 aromatic carbocycles. The molecule has 0 aliphatic heterocycles. The van der Waals surface area contributed by atoms with E-state index < -0.39 is 0 Å². The van der Waals surface area contributed by atoms with Gasteiger partial charge in [-0.05, 0) is 155 Å². The zero-order valence-electron chi connectivity index (χ0n) is 50.3. The van der Waals surface area contributed by atoms with E-state index in [-0.39, 0.29) is 0 Å². The van der Waals surface area contributed by atoms with Crippen molar-refractivity contribution in [2.75, 3.05) is 11.5 Å². The number of benzene rings is 8. The Morgan fingerprint density at radius 3 is 0.900 bits per heavy atom. The van der Waals surface area contributed by atoms with Crippen LogP contribution < -0.4 is 11.5 Å². The minimum atomic E-state index is 0.737. The number of anilines is 2. The van der Waals surface area contributed by atoms with Crippen LogP contribution in [0.1, 0.15) is 152 Å². The maximum atomic E-state index is 10.1. The Morgan fingerprint density at radius 1 is 0.325 bits per heavy atom. The van der Waals surface area contributed by atoms with Crippen LogP contribution in [-0.4, -0.2) is 31.1 Å². The molecule has 0 saturated heterocycles. The molecule has 414 valence electrons. The highest BCUT2D eigenvalue weighted by atomic mass is 16.1. The van der Waals surface area contributed by atoms with Crippen LogP contribution in [0.3, 0.4) is 0 Å². The average Bonchev–Trinajstić information content (AvgIpc) is 3.54. The Kier molecular flexibility index (Phi) is 24.5. The van der Waals surface area contributed by atoms with Gasteiger partial charge in [-0.3, -0.25) is 24.8 Å². The van der Waals surface area contributed by atoms with Crippen LogP contribution in [0.4, 0.5) is 34.1 Å². The smallest absolute Gasteiger partial charge is 0.150 e. The fourth-order valence-electron chi connectivity index (χ4n) is 9.12. The predicted molar refractivity (Wildman–Crippen MR) is 349 cm³/mol. The van der Waals surface area contributed by atoms with Gasteiger partial charge in [0.05, 0.1) is 22.7 Å². The minimum absolute atomic E-state index is 0.737. The molecule has 0 radical (unpaired) electrons. The third kappa shape index (κ3) is 17.9. The molecule has 8 rings (SSSR count). The molecule has 0 unspecified atom stereocenters. The van der Waals surface area contributed by atoms with Crippen molar-refractivity contribution in [1.82, 2.24) is 0 Å². The molecule has 0 atom stereocenters. The van der Waals surface area contributed by atoms with Gasteiger partial charge in [-0.2, -0.15) is 0 Å². The first-order chi connectivity index (χ1) is 38.5. The quantitative estimate of drug-likeness (QED) is 0.0605. The Morgan fingerprint density at radius 2 is 0.600 bits per heavy atom. The number of carbonyl (C=O) groups excluding carboxylic acids is 1. The molecule has 80 heavy (non-hydrogen) atoms. The van der Waals surface area contributed by atoms with Gasteiger partial charge in [0.2, 0.25) is 0 Å². The summed E-state index contributed by atoms with van der Waals surface area (Å²) in [5.74, 6) is 0. The average molecular weight is 1060 g/mol. The molecule has 0 fully saturated rings. The Bertz CT molecular complexity index is 3210. The van der Waals surface area contributed by atoms with E-state index in [2.05, 4.69) is 198 Å². The SMILES string of the molecule is CCc1cc(C)c(N=Cc2ccc(C)cc2)c(CC)c1N=Cc1ccc(C)cc1.CCc1cc(CC)c(N)c(C)c1N.CCc1cc(CC)c(N=Cc2ccc(C)cc2)c(C)c1N=Cc1ccc(C)cc1.Cc1ccc(C=O)cc1. The van der Waals surface area contributed by atoms with E-state index in [0.717, 1.165) is 118 Å². The molecule has 0 bridgehead atoms. The molecular weight excluding hydrogens is 977 g/mol. The maximum absolute atomic E-state index is 10.1. The monoisotopic (exact) mass is 1060 g/mol. The number of hydrogen-bond acceptors (Lipinski definition) is 7. The fourth-order valence-corrected chi connectivity index (χ4v) is 9.12. The van der Waals surface area contributed by atoms with Gasteiger partial charge in [0.1, 0.15) is 6.29 Å². The lowest BCUT2D eigenvalue weighted by Crippen LogP contribution is -2.04. The number of carbonyl (C=O) groups is 1. The highest BCUT2D eigenvalue weighted by Crippen LogP contribution is 2.38. The number of aldehydes is 1. The van der Waals surface area contributed by atoms with Crippen molar-refractivity contribution in [3.05, 3.63) is 245 Å². The first-order valence-corrected chi connectivity index (χ1v) is 28.4. The van der Waals surface area contributed by atoms with E-state index in [9.17, 15) is 4.79 Å². The fraction of sp³-hybridized carbons (Fsp3) is 0.274. The number of nitrogens with two attached hydrogens (primary N) is 2. The van der Waals surface area contributed by atoms with Gasteiger partial charge in [-0.1, -0.05) is 209 Å². The van der Waals surface area contributed by atoms with Crippen molar-refractivity contribution < 1.29 is 4.79 Å². The number of aliphatic imine (C=N–C) groups is 4. The maximum Gasteiger partial charge on any atom is 0.150 e. The van der Waals surface area contributed by atoms with Crippen molar-refractivity contribution in [2.45, 2.75) is 135 Å². The van der Waals surface area contributed by atoms with Crippen molar-refractivity contribution in [1.29, 1.82) is 0 Å². The number of aryl methyl sites for hydroxylation is 11. The highest BCUT2D eigenvalue weighted by molar-refractivity contribution is 5.88. The minimum Gasteiger partial charge on any atom is -0.398 e. The molecule has 7 heteroatoms. The Hall–Kier alpha value is -8.29. The summed E-state index contributed by atoms with van der Waals surface area (Å²) in [4.78, 5) is 29.7. The molecule has 0 saturated carbocycles. The van der Waals surface area contributed by atoms with Gasteiger partial charge in [0.15, 0.2) is 0 Å². The van der Waals surface area contributed by atoms with Crippen molar-refractivity contribution in [2.24, 2.45) is 20.0 Å². The second kappa shape index (κ2) is 31.3. The topological polar surface area (TPSA) is 119 Å². The van der Waals surface area contributed by atoms with Crippen LogP contribution in [0.5, 0.6) is 0 Å². The number of nitrogen functional groups attached to an aromatic ring is 2. The third-order valence-corrected chi connectivity index (χ3v) is 14.3. The summed E-state index contributed by atoms with van der Waals surface area (Å²) in [7, 11) is 0. The lowest BCUT2D eigenvalue weighted by Gasteiger charge is -2.15. The van der Waals surface area contributed by atoms with Gasteiger partial charge in [-0.15, -0.1) is 0 Å². The molecule has 8 aromatic rings. The lowest BCUT2D eigenvalue weighted by molar-refractivity contribution is 0.112. The summed E-state index contributed by atoms with van der Waals surface area (Å²) in [6, 6.07) is 47.9. The molecule has 0 spiro atoms. The summed E-state index contributed by atoms with van der Waals surface area (Å²) in [6.45, 7) is 29.6. The number of nitrogens with zero attached hydrogens (tertiary/aromatic N) is 4. The molecule has 0 heterocycles. The zero-order chi connectivity index (χ0) is 58.3. The summed E-state index contributed by atoms with van der Waals surface area (Å²) >= 11 is 0. The number of hydrogen-bond donors (Lipinski definition) is 2. The second-order valence-electron chi connectivity index (χ2n) is 20.5. The molecule has 0 aliphatic rings. The van der Waals surface area contributed by atoms with E-state index >= 15 is 0 Å². The van der Waals surface area contributed by atoms with Gasteiger partial charge < -0.3 is 11.5 Å². The van der Waals surface area contributed by atoms with E-state index in [1.54, 1.807) is 0 Å². The normalized spacial score (nSPS) is 11.1. The second-order valence-corrected chi connectivity index (χ2v) is 20.5. The van der Waals surface area contributed by atoms with Gasteiger partial charge in [-0.25, -0.2) is 0 Å². The Labute approximate surface area is 479 Å². The first kappa shape index (κ1) is 62.6. The number of rotatable bonds is 15. The van der Waals surface area contributed by atoms with Crippen LogP contribution in [0, 0.1) is 55.4 Å². The van der Waals surface area contributed by atoms with Crippen molar-refractivity contribution >= 4 is 65.3 Å². The first-order valence-electron chi connectivity index (χ1n) is 28.4. The van der Waals surface area contributed by atoms with Gasteiger partial charge in [0, 0.05) is 52.9 Å². The lowest BCUT2D eigenvalue weighted by atomic mass is 9.97. The summed E-state index contributed by atoms with van der Waals surface area (Å²) in [5.41, 5.74) is 40.0. The Balaban J connectivity index is 0.000000215. The predicted octanol–water partition coefficient (Wildman–Crippen LogP) is 18.6. The van der Waals surface area contributed by atoms with Crippen molar-refractivity contribution in [3.8, 4) is 0 Å². The summed E-state index contributed by atoms with van der Waals surface area (Å²) in [5, 5.41) is 0. The van der Waals surface area contributed by atoms with Crippen LogP contribution in [-0.2, 0) is 38.5 Å². The summed E-state index contributed by atoms with van der Waals surface area (Å²) in [6.07, 6.45) is 14.4. The van der Waals surface area contributed by atoms with Crippen LogP contribution in [0.15, 0.2) is 159 Å². The zero-order valence-corrected chi connectivity index (χ0v) is 50.3. The molecular formula is C73H86N6O. The molecule has 4 N–H and O–H groups in total. The highest BCUT2D eigenvalue weighted by Gasteiger charge is 2.15. The van der Waals surface area contributed by atoms with Crippen molar-refractivity contribution in [3.63, 3.8) is 0 Å². The third-order valence-electron chi connectivity index (χ3n) is 14.3. The summed E-state index contributed by atoms with van der Waals surface area (Å²) < 4.78 is 0. The molecule has 0 amide bonds. The van der Waals surface area contributed by atoms with E-state index in [0.29, 0.717) is 0 Å². The van der Waals surface area contributed by atoms with E-state index in [1.807, 2.05) is 63.0 Å². The van der Waals surface area contributed by atoms with E-state index in [1.165, 1.54) is 66.8 Å². The van der Waals surface area contributed by atoms with Crippen LogP contribution >= 0.6 is 0 Å². The van der Waals surface area contributed by atoms with Gasteiger partial charge in [0.25, 0.3) is 0 Å². The largest absolute Gasteiger partial charge is 0.398 e. The van der Waals surface area contributed by atoms with Crippen LogP contribution in [0.2, 0.25) is 0 Å². The molecule has 7 nitrogen and oxygen atoms in total. The molecule has 0 aromatic heterocycles. The van der Waals surface area contributed by atoms with Crippen LogP contribution in [0.25, 0.3) is 0 Å². The van der Waals surface area contributed by atoms with Gasteiger partial charge >= 0.3 is 0 Å².